The number of nitro benzene ring substituents is 1. The van der Waals surface area contributed by atoms with E-state index in [9.17, 15) is 10.1 Å². The van der Waals surface area contributed by atoms with Crippen LogP contribution in [0.15, 0.2) is 84.9 Å². The fraction of sp³-hybridized carbons (Fsp3) is 0.280. The van der Waals surface area contributed by atoms with Crippen molar-refractivity contribution in [1.82, 2.24) is 4.90 Å². The molecular weight excluding hydrogens is 374 g/mol. The first-order chi connectivity index (χ1) is 14.7. The van der Waals surface area contributed by atoms with E-state index < -0.39 is 0 Å². The van der Waals surface area contributed by atoms with Gasteiger partial charge < -0.3 is 5.32 Å². The van der Waals surface area contributed by atoms with Gasteiger partial charge in [0.2, 0.25) is 0 Å². The van der Waals surface area contributed by atoms with Gasteiger partial charge in [0.05, 0.1) is 4.92 Å². The van der Waals surface area contributed by atoms with E-state index in [4.69, 9.17) is 0 Å². The van der Waals surface area contributed by atoms with Crippen LogP contribution in [0.1, 0.15) is 24.0 Å². The predicted octanol–water partition coefficient (Wildman–Crippen LogP) is 5.24. The maximum atomic E-state index is 11.4. The number of nitrogens with zero attached hydrogens (tertiary/aromatic N) is 2. The maximum Gasteiger partial charge on any atom is 0.292 e. The monoisotopic (exact) mass is 401 g/mol. The van der Waals surface area contributed by atoms with E-state index in [1.54, 1.807) is 18.2 Å². The molecule has 0 spiro atoms. The van der Waals surface area contributed by atoms with E-state index >= 15 is 0 Å². The molecule has 3 aromatic rings. The van der Waals surface area contributed by atoms with E-state index in [0.29, 0.717) is 12.2 Å². The SMILES string of the molecule is O=[N+]([O-])c1ccccc1NCC1(c2ccccc2)CCN(Cc2ccccc2)CC1. The zero-order chi connectivity index (χ0) is 20.8. The summed E-state index contributed by atoms with van der Waals surface area (Å²) in [5.41, 5.74) is 3.31. The van der Waals surface area contributed by atoms with Gasteiger partial charge in [0.25, 0.3) is 5.69 Å². The summed E-state index contributed by atoms with van der Waals surface area (Å²) in [6.45, 7) is 3.65. The Morgan fingerprint density at radius 1 is 0.867 bits per heavy atom. The zero-order valence-electron chi connectivity index (χ0n) is 17.0. The van der Waals surface area contributed by atoms with E-state index in [1.165, 1.54) is 11.1 Å². The van der Waals surface area contributed by atoms with E-state index in [0.717, 1.165) is 32.5 Å². The molecule has 0 amide bonds. The molecule has 0 saturated carbocycles. The van der Waals surface area contributed by atoms with Crippen molar-refractivity contribution in [1.29, 1.82) is 0 Å². The first-order valence-electron chi connectivity index (χ1n) is 10.5. The largest absolute Gasteiger partial charge is 0.379 e. The molecule has 5 heteroatoms. The fourth-order valence-electron chi connectivity index (χ4n) is 4.39. The zero-order valence-corrected chi connectivity index (χ0v) is 17.0. The minimum Gasteiger partial charge on any atom is -0.379 e. The van der Waals surface area contributed by atoms with Gasteiger partial charge in [-0.2, -0.15) is 0 Å². The number of anilines is 1. The standard InChI is InChI=1S/C25H27N3O2/c29-28(30)24-14-8-7-13-23(24)26-20-25(22-11-5-2-6-12-22)15-17-27(18-16-25)19-21-9-3-1-4-10-21/h1-14,26H,15-20H2. The van der Waals surface area contributed by atoms with E-state index in [2.05, 4.69) is 64.8 Å². The molecule has 1 fully saturated rings. The van der Waals surface area contributed by atoms with Gasteiger partial charge in [-0.15, -0.1) is 0 Å². The molecule has 1 aliphatic rings. The van der Waals surface area contributed by atoms with Crippen molar-refractivity contribution in [3.8, 4) is 0 Å². The molecule has 1 aliphatic heterocycles. The van der Waals surface area contributed by atoms with Crippen molar-refractivity contribution in [3.05, 3.63) is 106 Å². The Hall–Kier alpha value is -3.18. The summed E-state index contributed by atoms with van der Waals surface area (Å²) in [6, 6.07) is 28.1. The summed E-state index contributed by atoms with van der Waals surface area (Å²) < 4.78 is 0. The van der Waals surface area contributed by atoms with Crippen LogP contribution in [-0.2, 0) is 12.0 Å². The number of para-hydroxylation sites is 2. The van der Waals surface area contributed by atoms with Gasteiger partial charge in [0.1, 0.15) is 5.69 Å². The summed E-state index contributed by atoms with van der Waals surface area (Å²) in [5.74, 6) is 0. The average molecular weight is 402 g/mol. The molecule has 30 heavy (non-hydrogen) atoms. The number of nitro groups is 1. The molecule has 0 atom stereocenters. The highest BCUT2D eigenvalue weighted by Gasteiger charge is 2.36. The normalized spacial score (nSPS) is 16.1. The minimum absolute atomic E-state index is 0.0435. The quantitative estimate of drug-likeness (QED) is 0.434. The van der Waals surface area contributed by atoms with E-state index in [1.807, 2.05) is 12.1 Å². The summed E-state index contributed by atoms with van der Waals surface area (Å²) in [7, 11) is 0. The van der Waals surface area contributed by atoms with Crippen LogP contribution in [-0.4, -0.2) is 29.5 Å². The van der Waals surface area contributed by atoms with Crippen LogP contribution < -0.4 is 5.32 Å². The Morgan fingerprint density at radius 3 is 2.13 bits per heavy atom. The predicted molar refractivity (Wildman–Crippen MR) is 121 cm³/mol. The molecule has 3 aromatic carbocycles. The maximum absolute atomic E-state index is 11.4. The lowest BCUT2D eigenvalue weighted by molar-refractivity contribution is -0.384. The van der Waals surface area contributed by atoms with Crippen LogP contribution in [0, 0.1) is 10.1 Å². The van der Waals surface area contributed by atoms with Crippen LogP contribution in [0.3, 0.4) is 0 Å². The molecule has 4 rings (SSSR count). The highest BCUT2D eigenvalue weighted by molar-refractivity contribution is 5.61. The van der Waals surface area contributed by atoms with Gasteiger partial charge >= 0.3 is 0 Å². The van der Waals surface area contributed by atoms with Crippen LogP contribution in [0.25, 0.3) is 0 Å². The Morgan fingerprint density at radius 2 is 1.47 bits per heavy atom. The number of rotatable bonds is 7. The second kappa shape index (κ2) is 9.09. The molecule has 0 bridgehead atoms. The molecule has 5 nitrogen and oxygen atoms in total. The summed E-state index contributed by atoms with van der Waals surface area (Å²) in [5, 5.41) is 14.8. The van der Waals surface area contributed by atoms with Crippen LogP contribution in [0.4, 0.5) is 11.4 Å². The number of likely N-dealkylation sites (tertiary alicyclic amines) is 1. The average Bonchev–Trinajstić information content (AvgIpc) is 2.80. The molecule has 0 unspecified atom stereocenters. The van der Waals surface area contributed by atoms with Crippen molar-refractivity contribution < 1.29 is 4.92 Å². The molecule has 1 heterocycles. The first-order valence-corrected chi connectivity index (χ1v) is 10.5. The van der Waals surface area contributed by atoms with Crippen LogP contribution in [0.2, 0.25) is 0 Å². The number of hydrogen-bond acceptors (Lipinski definition) is 4. The number of benzene rings is 3. The fourth-order valence-corrected chi connectivity index (χ4v) is 4.39. The third-order valence-corrected chi connectivity index (χ3v) is 6.17. The smallest absolute Gasteiger partial charge is 0.292 e. The van der Waals surface area contributed by atoms with Crippen LogP contribution >= 0.6 is 0 Å². The lowest BCUT2D eigenvalue weighted by atomic mass is 9.72. The van der Waals surface area contributed by atoms with Gasteiger partial charge in [-0.1, -0.05) is 72.8 Å². The van der Waals surface area contributed by atoms with Gasteiger partial charge in [0.15, 0.2) is 0 Å². The third-order valence-electron chi connectivity index (χ3n) is 6.17. The Kier molecular flexibility index (Phi) is 6.10. The van der Waals surface area contributed by atoms with E-state index in [-0.39, 0.29) is 16.0 Å². The summed E-state index contributed by atoms with van der Waals surface area (Å²) >= 11 is 0. The molecule has 0 radical (unpaired) electrons. The summed E-state index contributed by atoms with van der Waals surface area (Å²) in [4.78, 5) is 13.6. The Balaban J connectivity index is 1.51. The minimum atomic E-state index is -0.319. The van der Waals surface area contributed by atoms with Crippen molar-refractivity contribution in [3.63, 3.8) is 0 Å². The molecule has 154 valence electrons. The molecular formula is C25H27N3O2. The lowest BCUT2D eigenvalue weighted by Crippen LogP contribution is -2.46. The van der Waals surface area contributed by atoms with Gasteiger partial charge in [-0.3, -0.25) is 15.0 Å². The third kappa shape index (κ3) is 4.52. The molecule has 1 saturated heterocycles. The van der Waals surface area contributed by atoms with Crippen molar-refractivity contribution >= 4 is 11.4 Å². The Labute approximate surface area is 177 Å². The highest BCUT2D eigenvalue weighted by Crippen LogP contribution is 2.37. The highest BCUT2D eigenvalue weighted by atomic mass is 16.6. The van der Waals surface area contributed by atoms with Crippen molar-refractivity contribution in [2.24, 2.45) is 0 Å². The number of hydrogen-bond donors (Lipinski definition) is 1. The second-order valence-electron chi connectivity index (χ2n) is 8.04. The number of piperidine rings is 1. The second-order valence-corrected chi connectivity index (χ2v) is 8.04. The topological polar surface area (TPSA) is 58.4 Å². The number of nitrogens with one attached hydrogen (secondary N) is 1. The summed E-state index contributed by atoms with van der Waals surface area (Å²) in [6.07, 6.45) is 2.02. The van der Waals surface area contributed by atoms with Crippen LogP contribution in [0.5, 0.6) is 0 Å². The van der Waals surface area contributed by atoms with Gasteiger partial charge in [0, 0.05) is 24.6 Å². The van der Waals surface area contributed by atoms with Gasteiger partial charge in [-0.25, -0.2) is 0 Å². The van der Waals surface area contributed by atoms with Crippen molar-refractivity contribution in [2.75, 3.05) is 25.0 Å². The lowest BCUT2D eigenvalue weighted by Gasteiger charge is -2.42. The molecule has 1 N–H and O–H groups in total. The molecule has 0 aromatic heterocycles. The van der Waals surface area contributed by atoms with Gasteiger partial charge in [-0.05, 0) is 43.1 Å². The Bertz CT molecular complexity index is 968. The first kappa shape index (κ1) is 20.1. The van der Waals surface area contributed by atoms with Crippen molar-refractivity contribution in [2.45, 2.75) is 24.8 Å². The molecule has 0 aliphatic carbocycles.